The topological polar surface area (TPSA) is 104 Å². The number of carbonyl (C=O) groups excluding carboxylic acids is 1. The van der Waals surface area contributed by atoms with Gasteiger partial charge in [-0.15, -0.1) is 0 Å². The van der Waals surface area contributed by atoms with Crippen LogP contribution >= 0.6 is 0 Å². The van der Waals surface area contributed by atoms with Crippen LogP contribution in [0.25, 0.3) is 0 Å². The molecule has 152 valence electrons. The number of carboxylic acid groups (broad SMARTS) is 2. The van der Waals surface area contributed by atoms with Gasteiger partial charge in [0.15, 0.2) is 0 Å². The highest BCUT2D eigenvalue weighted by molar-refractivity contribution is 5.83. The summed E-state index contributed by atoms with van der Waals surface area (Å²) in [5, 5.41) is 20.0. The number of aliphatic carboxylic acids is 2. The third-order valence-corrected chi connectivity index (χ3v) is 4.59. The number of hydrogen-bond donors (Lipinski definition) is 3. The average molecular weight is 372 g/mol. The van der Waals surface area contributed by atoms with Gasteiger partial charge in [0.05, 0.1) is 0 Å². The van der Waals surface area contributed by atoms with E-state index in [1.54, 1.807) is 6.92 Å². The van der Waals surface area contributed by atoms with E-state index in [2.05, 4.69) is 5.32 Å². The highest BCUT2D eigenvalue weighted by Gasteiger charge is 2.16. The van der Waals surface area contributed by atoms with Gasteiger partial charge in [-0.2, -0.15) is 0 Å². The van der Waals surface area contributed by atoms with E-state index < -0.39 is 18.0 Å². The molecule has 0 fully saturated rings. The van der Waals surface area contributed by atoms with Crippen LogP contribution < -0.4 is 5.32 Å². The van der Waals surface area contributed by atoms with E-state index in [-0.39, 0.29) is 5.91 Å². The van der Waals surface area contributed by atoms with Crippen LogP contribution in [0.5, 0.6) is 0 Å². The summed E-state index contributed by atoms with van der Waals surface area (Å²) in [6.07, 6.45) is 14.3. The van der Waals surface area contributed by atoms with Crippen molar-refractivity contribution in [1.29, 1.82) is 0 Å². The maximum Gasteiger partial charge on any atom is 0.326 e. The van der Waals surface area contributed by atoms with Gasteiger partial charge in [-0.1, -0.05) is 71.1 Å². The van der Waals surface area contributed by atoms with Crippen LogP contribution in [0.4, 0.5) is 0 Å². The normalized spacial score (nSPS) is 11.9. The molecule has 1 atom stereocenters. The zero-order chi connectivity index (χ0) is 19.6. The smallest absolute Gasteiger partial charge is 0.326 e. The summed E-state index contributed by atoms with van der Waals surface area (Å²) < 4.78 is 0. The van der Waals surface area contributed by atoms with Gasteiger partial charge in [0.25, 0.3) is 0 Å². The molecule has 0 spiro atoms. The Hall–Kier alpha value is -1.59. The van der Waals surface area contributed by atoms with Crippen LogP contribution in [-0.4, -0.2) is 34.1 Å². The molecule has 0 radical (unpaired) electrons. The van der Waals surface area contributed by atoms with Gasteiger partial charge in [-0.25, -0.2) is 4.79 Å². The van der Waals surface area contributed by atoms with Gasteiger partial charge in [0.2, 0.25) is 5.91 Å². The average Bonchev–Trinajstić information content (AvgIpc) is 2.59. The summed E-state index contributed by atoms with van der Waals surface area (Å²) in [6.45, 7) is 1.75. The zero-order valence-electron chi connectivity index (χ0n) is 16.3. The van der Waals surface area contributed by atoms with Gasteiger partial charge < -0.3 is 15.5 Å². The van der Waals surface area contributed by atoms with Crippen LogP contribution in [0, 0.1) is 0 Å². The number of carbonyl (C=O) groups is 3. The van der Waals surface area contributed by atoms with E-state index in [1.807, 2.05) is 0 Å². The first-order chi connectivity index (χ1) is 12.5. The lowest BCUT2D eigenvalue weighted by molar-refractivity contribution is -0.142. The molecule has 0 aromatic carbocycles. The number of carboxylic acids is 2. The fourth-order valence-electron chi connectivity index (χ4n) is 2.93. The molecule has 26 heavy (non-hydrogen) atoms. The van der Waals surface area contributed by atoms with Gasteiger partial charge in [0, 0.05) is 12.8 Å². The molecule has 0 aliphatic rings. The molecule has 1 unspecified atom stereocenters. The van der Waals surface area contributed by atoms with Crippen LogP contribution in [0.1, 0.15) is 103 Å². The Kier molecular flexibility index (Phi) is 15.8. The Balaban J connectivity index is 3.30. The summed E-state index contributed by atoms with van der Waals surface area (Å²) >= 11 is 0. The number of rotatable bonds is 18. The second-order valence-electron chi connectivity index (χ2n) is 7.00. The van der Waals surface area contributed by atoms with Crippen molar-refractivity contribution in [2.24, 2.45) is 0 Å². The fraction of sp³-hybridized carbons (Fsp3) is 0.850. The minimum atomic E-state index is -0.971. The molecular weight excluding hydrogens is 334 g/mol. The number of unbranched alkanes of at least 4 members (excludes halogenated alkanes) is 11. The predicted octanol–water partition coefficient (Wildman–Crippen LogP) is 4.51. The standard InChI is InChI=1S/C20H37NO5/c1-2-17(20(25)26)21-18(22)15-13-11-9-7-5-3-4-6-8-10-12-14-16-19(23)24/h17H,2-16H2,1H3,(H,21,22)(H,23,24)(H,25,26). The van der Waals surface area contributed by atoms with E-state index in [0.29, 0.717) is 19.3 Å². The molecule has 0 saturated heterocycles. The maximum atomic E-state index is 11.6. The number of nitrogens with one attached hydrogen (secondary N) is 1. The largest absolute Gasteiger partial charge is 0.481 e. The van der Waals surface area contributed by atoms with E-state index in [4.69, 9.17) is 10.2 Å². The van der Waals surface area contributed by atoms with Crippen LogP contribution in [-0.2, 0) is 14.4 Å². The molecule has 0 aromatic rings. The molecule has 6 heteroatoms. The minimum Gasteiger partial charge on any atom is -0.481 e. The van der Waals surface area contributed by atoms with Crippen molar-refractivity contribution in [2.75, 3.05) is 0 Å². The monoisotopic (exact) mass is 371 g/mol. The Morgan fingerprint density at radius 1 is 0.692 bits per heavy atom. The summed E-state index contributed by atoms with van der Waals surface area (Å²) in [4.78, 5) is 32.9. The second-order valence-corrected chi connectivity index (χ2v) is 7.00. The lowest BCUT2D eigenvalue weighted by Crippen LogP contribution is -2.40. The van der Waals surface area contributed by atoms with Crippen molar-refractivity contribution in [3.63, 3.8) is 0 Å². The predicted molar refractivity (Wildman–Crippen MR) is 102 cm³/mol. The molecule has 6 nitrogen and oxygen atoms in total. The first-order valence-electron chi connectivity index (χ1n) is 10.2. The molecule has 0 aliphatic carbocycles. The number of hydrogen-bond acceptors (Lipinski definition) is 3. The summed E-state index contributed by atoms with van der Waals surface area (Å²) in [6, 6.07) is -0.764. The van der Waals surface area contributed by atoms with E-state index in [9.17, 15) is 14.4 Å². The number of amides is 1. The van der Waals surface area contributed by atoms with Crippen LogP contribution in [0.3, 0.4) is 0 Å². The summed E-state index contributed by atoms with van der Waals surface area (Å²) in [7, 11) is 0. The van der Waals surface area contributed by atoms with Crippen molar-refractivity contribution in [1.82, 2.24) is 5.32 Å². The molecule has 0 aromatic heterocycles. The fourth-order valence-corrected chi connectivity index (χ4v) is 2.93. The minimum absolute atomic E-state index is 0.164. The Morgan fingerprint density at radius 2 is 1.08 bits per heavy atom. The van der Waals surface area contributed by atoms with Crippen molar-refractivity contribution < 1.29 is 24.6 Å². The molecule has 0 rings (SSSR count). The van der Waals surface area contributed by atoms with Crippen molar-refractivity contribution in [3.8, 4) is 0 Å². The third-order valence-electron chi connectivity index (χ3n) is 4.59. The first kappa shape index (κ1) is 24.4. The highest BCUT2D eigenvalue weighted by atomic mass is 16.4. The molecule has 0 aliphatic heterocycles. The Morgan fingerprint density at radius 3 is 1.42 bits per heavy atom. The second kappa shape index (κ2) is 16.9. The SMILES string of the molecule is CCC(NC(=O)CCCCCCCCCCCCCCC(=O)O)C(=O)O. The van der Waals surface area contributed by atoms with Gasteiger partial charge in [0.1, 0.15) is 6.04 Å². The zero-order valence-corrected chi connectivity index (χ0v) is 16.3. The van der Waals surface area contributed by atoms with Gasteiger partial charge in [-0.3, -0.25) is 9.59 Å². The Bertz CT molecular complexity index is 398. The molecule has 1 amide bonds. The molecule has 0 bridgehead atoms. The molecule has 0 heterocycles. The molecular formula is C20H37NO5. The quantitative estimate of drug-likeness (QED) is 0.307. The lowest BCUT2D eigenvalue weighted by Gasteiger charge is -2.11. The maximum absolute atomic E-state index is 11.6. The Labute approximate surface area is 157 Å². The summed E-state index contributed by atoms with van der Waals surface area (Å²) in [5.74, 6) is -1.83. The van der Waals surface area contributed by atoms with Gasteiger partial charge >= 0.3 is 11.9 Å². The highest BCUT2D eigenvalue weighted by Crippen LogP contribution is 2.13. The lowest BCUT2D eigenvalue weighted by atomic mass is 10.0. The van der Waals surface area contributed by atoms with Crippen LogP contribution in [0.15, 0.2) is 0 Å². The molecule has 0 saturated carbocycles. The van der Waals surface area contributed by atoms with Crippen molar-refractivity contribution in [3.05, 3.63) is 0 Å². The van der Waals surface area contributed by atoms with Crippen LogP contribution in [0.2, 0.25) is 0 Å². The van der Waals surface area contributed by atoms with Crippen molar-refractivity contribution in [2.45, 2.75) is 109 Å². The third kappa shape index (κ3) is 15.9. The molecule has 3 N–H and O–H groups in total. The summed E-state index contributed by atoms with van der Waals surface area (Å²) in [5.41, 5.74) is 0. The van der Waals surface area contributed by atoms with Crippen molar-refractivity contribution >= 4 is 17.8 Å². The van der Waals surface area contributed by atoms with E-state index in [0.717, 1.165) is 38.5 Å². The van der Waals surface area contributed by atoms with Gasteiger partial charge in [-0.05, 0) is 19.3 Å². The van der Waals surface area contributed by atoms with E-state index >= 15 is 0 Å². The first-order valence-corrected chi connectivity index (χ1v) is 10.2. The van der Waals surface area contributed by atoms with E-state index in [1.165, 1.54) is 38.5 Å².